The molecule has 0 unspecified atom stereocenters. The molecule has 4 heterocycles. The summed E-state index contributed by atoms with van der Waals surface area (Å²) in [6.07, 6.45) is 3.05. The molecule has 2 aliphatic heterocycles. The lowest BCUT2D eigenvalue weighted by Crippen LogP contribution is -2.61. The fourth-order valence-electron chi connectivity index (χ4n) is 19.5. The monoisotopic (exact) mass is 1620 g/mol. The van der Waals surface area contributed by atoms with Gasteiger partial charge < -0.3 is 18.9 Å². The summed E-state index contributed by atoms with van der Waals surface area (Å²) < 4.78 is 82.8. The van der Waals surface area contributed by atoms with Crippen LogP contribution in [0.15, 0.2) is 255 Å². The van der Waals surface area contributed by atoms with Crippen LogP contribution in [0.3, 0.4) is 0 Å². The van der Waals surface area contributed by atoms with Crippen molar-refractivity contribution in [2.24, 2.45) is 21.7 Å². The van der Waals surface area contributed by atoms with Gasteiger partial charge in [0.15, 0.2) is 0 Å². The fraction of sp³-hybridized carbons (Fsp3) is 0.339. The molecule has 0 spiro atoms. The second-order valence-corrected chi connectivity index (χ2v) is 45.9. The molecular formula is C118H131BN4. The largest absolute Gasteiger partial charge is 0.310 e. The van der Waals surface area contributed by atoms with Gasteiger partial charge in [0.05, 0.1) is 44.4 Å². The third-order valence-corrected chi connectivity index (χ3v) is 25.2. The van der Waals surface area contributed by atoms with Crippen LogP contribution < -0.4 is 26.2 Å². The van der Waals surface area contributed by atoms with Crippen LogP contribution in [0.5, 0.6) is 0 Å². The predicted octanol–water partition coefficient (Wildman–Crippen LogP) is 31.5. The molecule has 0 atom stereocenters. The van der Waals surface area contributed by atoms with Crippen molar-refractivity contribution < 1.29 is 11.0 Å². The quantitative estimate of drug-likeness (QED) is 0.113. The lowest BCUT2D eigenvalue weighted by molar-refractivity contribution is 0.411. The first-order chi connectivity index (χ1) is 60.9. The lowest BCUT2D eigenvalue weighted by Gasteiger charge is -2.46. The Morgan fingerprint density at radius 3 is 0.862 bits per heavy atom. The molecule has 17 rings (SSSR count). The first-order valence-corrected chi connectivity index (χ1v) is 44.8. The molecule has 15 aromatic rings. The van der Waals surface area contributed by atoms with Crippen molar-refractivity contribution in [2.75, 3.05) is 9.80 Å². The minimum atomic E-state index is -0.540. The molecule has 123 heavy (non-hydrogen) atoms. The van der Waals surface area contributed by atoms with Gasteiger partial charge in [0.2, 0.25) is 0 Å². The molecule has 0 N–H and O–H groups in total. The highest BCUT2D eigenvalue weighted by Gasteiger charge is 2.47. The number of rotatable bonds is 12. The summed E-state index contributed by atoms with van der Waals surface area (Å²) in [4.78, 5) is 5.27. The normalized spacial score (nSPS) is 14.6. The summed E-state index contributed by atoms with van der Waals surface area (Å²) in [5.74, 6) is 0. The highest BCUT2D eigenvalue weighted by molar-refractivity contribution is 7.00. The maximum absolute atomic E-state index is 10.2. The van der Waals surface area contributed by atoms with Crippen molar-refractivity contribution in [3.8, 4) is 55.9 Å². The first kappa shape index (κ1) is 74.7. The molecular weight excluding hydrogens is 1480 g/mol. The number of nitrogens with zero attached hydrogens (tertiary/aromatic N) is 4. The van der Waals surface area contributed by atoms with Gasteiger partial charge in [0, 0.05) is 77.9 Å². The van der Waals surface area contributed by atoms with Crippen LogP contribution in [0, 0.1) is 21.7 Å². The van der Waals surface area contributed by atoms with Crippen LogP contribution in [-0.2, 0) is 52.8 Å². The smallest absolute Gasteiger partial charge is 0.252 e. The van der Waals surface area contributed by atoms with E-state index in [4.69, 9.17) is 0 Å². The van der Waals surface area contributed by atoms with Crippen molar-refractivity contribution in [3.05, 3.63) is 305 Å². The first-order valence-electron chi connectivity index (χ1n) is 48.8. The number of para-hydroxylation sites is 2. The lowest BCUT2D eigenvalue weighted by atomic mass is 9.33. The molecule has 0 aliphatic carbocycles. The van der Waals surface area contributed by atoms with Crippen molar-refractivity contribution in [2.45, 2.75) is 240 Å². The van der Waals surface area contributed by atoms with Crippen LogP contribution in [0.1, 0.15) is 248 Å². The Kier molecular flexibility index (Phi) is 18.2. The molecule has 5 heteroatoms. The van der Waals surface area contributed by atoms with E-state index in [1.54, 1.807) is 0 Å². The van der Waals surface area contributed by atoms with E-state index in [9.17, 15) is 11.0 Å². The average molecular weight is 1620 g/mol. The zero-order chi connectivity index (χ0) is 94.7. The van der Waals surface area contributed by atoms with Crippen molar-refractivity contribution in [3.63, 3.8) is 0 Å². The maximum atomic E-state index is 10.2. The van der Waals surface area contributed by atoms with Gasteiger partial charge in [-0.2, -0.15) is 0 Å². The number of hydrogen-bond donors (Lipinski definition) is 0. The van der Waals surface area contributed by atoms with Gasteiger partial charge in [0.1, 0.15) is 0 Å². The summed E-state index contributed by atoms with van der Waals surface area (Å²) in [6.45, 7) is 61.6. The summed E-state index contributed by atoms with van der Waals surface area (Å²) in [7, 11) is 0. The molecule has 4 nitrogen and oxygen atoms in total. The molecule has 2 aromatic heterocycles. The van der Waals surface area contributed by atoms with Crippen LogP contribution >= 0.6 is 0 Å². The predicted molar refractivity (Wildman–Crippen MR) is 537 cm³/mol. The molecule has 0 amide bonds. The van der Waals surface area contributed by atoms with E-state index in [2.05, 4.69) is 412 Å². The van der Waals surface area contributed by atoms with E-state index in [0.29, 0.717) is 21.8 Å². The number of aromatic nitrogens is 2. The highest BCUT2D eigenvalue weighted by atomic mass is 15.2. The maximum Gasteiger partial charge on any atom is 0.252 e. The summed E-state index contributed by atoms with van der Waals surface area (Å²) in [6, 6.07) is 77.2. The number of anilines is 6. The Labute approximate surface area is 748 Å². The van der Waals surface area contributed by atoms with Crippen LogP contribution in [-0.4, -0.2) is 15.8 Å². The zero-order valence-electron chi connectivity index (χ0n) is 86.3. The zero-order valence-corrected chi connectivity index (χ0v) is 78.3. The summed E-state index contributed by atoms with van der Waals surface area (Å²) >= 11 is 0. The van der Waals surface area contributed by atoms with Gasteiger partial charge in [-0.15, -0.1) is 0 Å². The minimum Gasteiger partial charge on any atom is -0.310 e. The van der Waals surface area contributed by atoms with Crippen LogP contribution in [0.2, 0.25) is 0 Å². The Hall–Kier alpha value is -10.9. The Morgan fingerprint density at radius 2 is 0.561 bits per heavy atom. The average Bonchev–Trinajstić information content (AvgIpc) is 0.861. The van der Waals surface area contributed by atoms with Gasteiger partial charge in [-0.1, -0.05) is 345 Å². The molecule has 0 radical (unpaired) electrons. The van der Waals surface area contributed by atoms with Crippen molar-refractivity contribution >= 4 is 101 Å². The van der Waals surface area contributed by atoms with Crippen molar-refractivity contribution in [1.29, 1.82) is 0 Å². The number of hydrogen-bond acceptors (Lipinski definition) is 2. The molecule has 626 valence electrons. The standard InChI is InChI=1S/C118H131BN4/c1-110(2,3)70-74-48-54-101-95(56-74)89-44-28-30-46-99(89)120(101)87-50-52-97-103(68-87)122(108-91(78-36-32-40-82(62-78)114(13,14)15)58-76(72-112(7,8)9)59-92(108)79-37-33-41-83(63-79)115(16,17)18)105-66-86(118(25,26)27)67-106-107(105)119(97)98-53-51-88(121-100-47-31-29-45-90(100)96-57-75(49-55-102(96)121)71-111(4,5)6)69-104(98)123(106)109-93(80-38-34-42-84(64-80)116(19,20)21)60-77(73-113(10,11)12)61-94(109)81-39-35-43-85(65-81)117(22,23)24/h28-69H,70-73H2,1-27H3/i28D,29D,30D,31D,44D,45D,46D,47D. The SMILES string of the molecule is [2H]c1c([2H])c([2H])c2c(c1[2H])c1cc(CC(C)(C)C)ccc1n2-c1ccc2c(c1)N(c1c(-c3cccc(C(C)(C)C)c3)cc(CC(C)(C)C)cc1-c1cccc(C(C)(C)C)c1)c1cc(C(C)(C)C)cc3c1B2c1ccc(-n2c4ccc(CC(C)(C)C)cc4c4c([2H])c([2H])c([2H])c([2H])c42)cc1N3c1c(-c2cccc(C(C)(C)C)c2)cc(CC(C)(C)C)cc1-c1cccc(C(C)(C)C)c1. The Morgan fingerprint density at radius 1 is 0.260 bits per heavy atom. The van der Waals surface area contributed by atoms with Gasteiger partial charge >= 0.3 is 0 Å². The van der Waals surface area contributed by atoms with Crippen LogP contribution in [0.4, 0.5) is 34.1 Å². The molecule has 13 aromatic carbocycles. The second-order valence-electron chi connectivity index (χ2n) is 45.9. The molecule has 0 saturated heterocycles. The van der Waals surface area contributed by atoms with E-state index < -0.39 is 12.1 Å². The van der Waals surface area contributed by atoms with E-state index in [1.807, 2.05) is 0 Å². The van der Waals surface area contributed by atoms with Crippen molar-refractivity contribution in [1.82, 2.24) is 9.13 Å². The molecule has 0 saturated carbocycles. The third-order valence-electron chi connectivity index (χ3n) is 25.2. The molecule has 0 fully saturated rings. The van der Waals surface area contributed by atoms with Gasteiger partial charge in [0.25, 0.3) is 6.71 Å². The number of fused-ring (bicyclic) bond motifs is 10. The minimum absolute atomic E-state index is 0.0822. The molecule has 2 aliphatic rings. The second kappa shape index (κ2) is 30.0. The van der Waals surface area contributed by atoms with E-state index >= 15 is 0 Å². The van der Waals surface area contributed by atoms with E-state index in [-0.39, 0.29) is 91.7 Å². The topological polar surface area (TPSA) is 16.3 Å². The van der Waals surface area contributed by atoms with E-state index in [1.165, 1.54) is 33.4 Å². The van der Waals surface area contributed by atoms with Gasteiger partial charge in [-0.05, 0) is 260 Å². The Bertz CT molecular complexity index is 6640. The van der Waals surface area contributed by atoms with Crippen LogP contribution in [0.25, 0.3) is 99.5 Å². The van der Waals surface area contributed by atoms with Gasteiger partial charge in [-0.3, -0.25) is 0 Å². The van der Waals surface area contributed by atoms with E-state index in [0.717, 1.165) is 171 Å². The fourth-order valence-corrected chi connectivity index (χ4v) is 19.5. The number of benzene rings is 13. The Balaban J connectivity index is 1.12. The highest BCUT2D eigenvalue weighted by Crippen LogP contribution is 2.57. The summed E-state index contributed by atoms with van der Waals surface area (Å²) in [5.41, 5.74) is 29.6. The third kappa shape index (κ3) is 16.3. The summed E-state index contributed by atoms with van der Waals surface area (Å²) in [5, 5.41) is 2.45. The molecule has 0 bridgehead atoms. The van der Waals surface area contributed by atoms with Gasteiger partial charge in [-0.25, -0.2) is 0 Å².